The second kappa shape index (κ2) is 5.18. The maximum absolute atomic E-state index is 12.9. The number of rotatable bonds is 3. The highest BCUT2D eigenvalue weighted by molar-refractivity contribution is 5.93. The lowest BCUT2D eigenvalue weighted by molar-refractivity contribution is -0.286. The summed E-state index contributed by atoms with van der Waals surface area (Å²) in [5, 5.41) is 12.2. The molecule has 0 spiro atoms. The molecule has 0 bridgehead atoms. The second-order valence-corrected chi connectivity index (χ2v) is 4.68. The predicted molar refractivity (Wildman–Crippen MR) is 73.1 cm³/mol. The smallest absolute Gasteiger partial charge is 0.508 e. The monoisotopic (exact) mass is 307 g/mol. The third kappa shape index (κ3) is 2.93. The van der Waals surface area contributed by atoms with Crippen molar-refractivity contribution in [3.8, 4) is 17.2 Å². The number of fused-ring (bicyclic) bond motifs is 1. The maximum Gasteiger partial charge on any atom is 0.586 e. The largest absolute Gasteiger partial charge is 0.586 e. The highest BCUT2D eigenvalue weighted by Crippen LogP contribution is 2.42. The van der Waals surface area contributed by atoms with Gasteiger partial charge in [-0.1, -0.05) is 18.2 Å². The van der Waals surface area contributed by atoms with E-state index >= 15 is 0 Å². The number of ether oxygens (including phenoxy) is 2. The number of anilines is 1. The zero-order valence-corrected chi connectivity index (χ0v) is 11.2. The Hall–Kier alpha value is -2.83. The number of phenols is 1. The summed E-state index contributed by atoms with van der Waals surface area (Å²) in [5.74, 6) is -0.621. The van der Waals surface area contributed by atoms with Crippen molar-refractivity contribution in [2.24, 2.45) is 0 Å². The van der Waals surface area contributed by atoms with Crippen LogP contribution in [0.5, 0.6) is 17.2 Å². The van der Waals surface area contributed by atoms with Crippen LogP contribution < -0.4 is 14.8 Å². The lowest BCUT2D eigenvalue weighted by Gasteiger charge is -2.07. The summed E-state index contributed by atoms with van der Waals surface area (Å²) in [6, 6.07) is 10.4. The van der Waals surface area contributed by atoms with E-state index in [0.717, 1.165) is 0 Å². The van der Waals surface area contributed by atoms with Gasteiger partial charge in [-0.3, -0.25) is 4.79 Å². The Morgan fingerprint density at radius 3 is 2.64 bits per heavy atom. The molecular formula is C15H11F2NO4. The molecule has 0 unspecified atom stereocenters. The van der Waals surface area contributed by atoms with Crippen molar-refractivity contribution in [3.63, 3.8) is 0 Å². The Labute approximate surface area is 124 Å². The molecule has 1 aliphatic rings. The molecule has 0 saturated heterocycles. The van der Waals surface area contributed by atoms with Crippen LogP contribution in [0, 0.1) is 0 Å². The molecule has 0 aromatic heterocycles. The number of phenolic OH excluding ortho intramolecular Hbond substituents is 1. The average Bonchev–Trinajstić information content (AvgIpc) is 2.74. The molecule has 0 atom stereocenters. The molecule has 2 aromatic rings. The Morgan fingerprint density at radius 1 is 1.14 bits per heavy atom. The Bertz CT molecular complexity index is 733. The van der Waals surface area contributed by atoms with E-state index in [4.69, 9.17) is 0 Å². The third-order valence-corrected chi connectivity index (χ3v) is 3.03. The third-order valence-electron chi connectivity index (χ3n) is 3.03. The molecule has 5 nitrogen and oxygen atoms in total. The minimum absolute atomic E-state index is 0.0166. The van der Waals surface area contributed by atoms with E-state index in [2.05, 4.69) is 14.8 Å². The van der Waals surface area contributed by atoms with Crippen LogP contribution in [-0.2, 0) is 11.2 Å². The number of amides is 1. The molecule has 1 amide bonds. The fourth-order valence-electron chi connectivity index (χ4n) is 2.07. The zero-order chi connectivity index (χ0) is 15.7. The van der Waals surface area contributed by atoms with Gasteiger partial charge in [-0.05, 0) is 18.2 Å². The molecule has 0 aliphatic carbocycles. The van der Waals surface area contributed by atoms with Crippen LogP contribution >= 0.6 is 0 Å². The molecule has 22 heavy (non-hydrogen) atoms. The number of benzene rings is 2. The number of halogens is 2. The highest BCUT2D eigenvalue weighted by Gasteiger charge is 2.43. The first-order valence-corrected chi connectivity index (χ1v) is 6.39. The lowest BCUT2D eigenvalue weighted by Crippen LogP contribution is -2.25. The summed E-state index contributed by atoms with van der Waals surface area (Å²) in [6.07, 6.45) is -3.74. The standard InChI is InChI=1S/C15H11F2NO4/c16-15(17)21-12-6-5-10(8-13(12)22-15)18-14(20)7-9-3-1-2-4-11(9)19/h1-6,8,19H,7H2,(H,18,20). The highest BCUT2D eigenvalue weighted by atomic mass is 19.3. The van der Waals surface area contributed by atoms with E-state index in [9.17, 15) is 18.7 Å². The van der Waals surface area contributed by atoms with E-state index in [1.807, 2.05) is 0 Å². The van der Waals surface area contributed by atoms with E-state index in [0.29, 0.717) is 11.3 Å². The van der Waals surface area contributed by atoms with Gasteiger partial charge in [0, 0.05) is 17.3 Å². The summed E-state index contributed by atoms with van der Waals surface area (Å²) < 4.78 is 34.4. The van der Waals surface area contributed by atoms with Gasteiger partial charge >= 0.3 is 6.29 Å². The number of para-hydroxylation sites is 1. The summed E-state index contributed by atoms with van der Waals surface area (Å²) in [5.41, 5.74) is 0.757. The number of alkyl halides is 2. The second-order valence-electron chi connectivity index (χ2n) is 4.68. The van der Waals surface area contributed by atoms with Crippen molar-refractivity contribution >= 4 is 11.6 Å². The van der Waals surface area contributed by atoms with Gasteiger partial charge in [0.1, 0.15) is 5.75 Å². The first kappa shape index (κ1) is 14.1. The summed E-state index contributed by atoms with van der Waals surface area (Å²) in [4.78, 5) is 11.9. The van der Waals surface area contributed by atoms with Crippen LogP contribution in [0.1, 0.15) is 5.56 Å². The van der Waals surface area contributed by atoms with Crippen LogP contribution in [-0.4, -0.2) is 17.3 Å². The number of carbonyl (C=O) groups excluding carboxylic acids is 1. The predicted octanol–water partition coefficient (Wildman–Crippen LogP) is 2.89. The summed E-state index contributed by atoms with van der Waals surface area (Å²) in [6.45, 7) is 0. The average molecular weight is 307 g/mol. The first-order chi connectivity index (χ1) is 10.4. The molecule has 0 radical (unpaired) electrons. The molecule has 0 fully saturated rings. The van der Waals surface area contributed by atoms with E-state index < -0.39 is 12.2 Å². The minimum atomic E-state index is -3.69. The van der Waals surface area contributed by atoms with Crippen molar-refractivity contribution in [1.29, 1.82) is 0 Å². The molecule has 114 valence electrons. The molecule has 1 heterocycles. The van der Waals surface area contributed by atoms with Crippen molar-refractivity contribution in [3.05, 3.63) is 48.0 Å². The van der Waals surface area contributed by atoms with Crippen LogP contribution in [0.4, 0.5) is 14.5 Å². The van der Waals surface area contributed by atoms with Gasteiger partial charge in [0.2, 0.25) is 5.91 Å². The molecule has 3 rings (SSSR count). The first-order valence-electron chi connectivity index (χ1n) is 6.39. The molecular weight excluding hydrogens is 296 g/mol. The van der Waals surface area contributed by atoms with Gasteiger partial charge in [-0.25, -0.2) is 0 Å². The maximum atomic E-state index is 12.9. The number of hydrogen-bond donors (Lipinski definition) is 2. The SMILES string of the molecule is O=C(Cc1ccccc1O)Nc1ccc2c(c1)OC(F)(F)O2. The fraction of sp³-hybridized carbons (Fsp3) is 0.133. The van der Waals surface area contributed by atoms with Crippen LogP contribution in [0.2, 0.25) is 0 Å². The van der Waals surface area contributed by atoms with Gasteiger partial charge in [0.05, 0.1) is 6.42 Å². The quantitative estimate of drug-likeness (QED) is 0.915. The summed E-state index contributed by atoms with van der Waals surface area (Å²) in [7, 11) is 0. The number of carbonyl (C=O) groups is 1. The Morgan fingerprint density at radius 2 is 1.86 bits per heavy atom. The molecule has 2 N–H and O–H groups in total. The van der Waals surface area contributed by atoms with E-state index in [1.54, 1.807) is 18.2 Å². The van der Waals surface area contributed by atoms with E-state index in [1.165, 1.54) is 24.3 Å². The van der Waals surface area contributed by atoms with Crippen LogP contribution in [0.3, 0.4) is 0 Å². The lowest BCUT2D eigenvalue weighted by atomic mass is 10.1. The molecule has 7 heteroatoms. The van der Waals surface area contributed by atoms with Crippen molar-refractivity contribution in [2.75, 3.05) is 5.32 Å². The number of nitrogens with one attached hydrogen (secondary N) is 1. The van der Waals surface area contributed by atoms with Crippen LogP contribution in [0.15, 0.2) is 42.5 Å². The van der Waals surface area contributed by atoms with Crippen LogP contribution in [0.25, 0.3) is 0 Å². The zero-order valence-electron chi connectivity index (χ0n) is 11.2. The Balaban J connectivity index is 1.70. The number of aromatic hydroxyl groups is 1. The van der Waals surface area contributed by atoms with Crippen molar-refractivity contribution in [1.82, 2.24) is 0 Å². The fourth-order valence-corrected chi connectivity index (χ4v) is 2.07. The molecule has 1 aliphatic heterocycles. The van der Waals surface area contributed by atoms with Gasteiger partial charge in [0.25, 0.3) is 0 Å². The van der Waals surface area contributed by atoms with Gasteiger partial charge in [0.15, 0.2) is 11.5 Å². The number of hydrogen-bond acceptors (Lipinski definition) is 4. The minimum Gasteiger partial charge on any atom is -0.508 e. The van der Waals surface area contributed by atoms with Gasteiger partial charge < -0.3 is 19.9 Å². The summed E-state index contributed by atoms with van der Waals surface area (Å²) >= 11 is 0. The molecule has 0 saturated carbocycles. The van der Waals surface area contributed by atoms with Crippen molar-refractivity contribution < 1.29 is 28.2 Å². The van der Waals surface area contributed by atoms with E-state index in [-0.39, 0.29) is 23.7 Å². The normalized spacial score (nSPS) is 14.6. The topological polar surface area (TPSA) is 67.8 Å². The van der Waals surface area contributed by atoms with Gasteiger partial charge in [-0.15, -0.1) is 8.78 Å². The van der Waals surface area contributed by atoms with Crippen molar-refractivity contribution in [2.45, 2.75) is 12.7 Å². The Kier molecular flexibility index (Phi) is 3.32. The molecule has 2 aromatic carbocycles. The van der Waals surface area contributed by atoms with Gasteiger partial charge in [-0.2, -0.15) is 0 Å².